The minimum Gasteiger partial charge on any atom is -0.495 e. The molecule has 0 spiro atoms. The summed E-state index contributed by atoms with van der Waals surface area (Å²) < 4.78 is 63.2. The molecule has 1 fully saturated rings. The summed E-state index contributed by atoms with van der Waals surface area (Å²) >= 11 is 0. The molecule has 0 bridgehead atoms. The van der Waals surface area contributed by atoms with Crippen LogP contribution in [-0.4, -0.2) is 66.7 Å². The average Bonchev–Trinajstić information content (AvgIpc) is 2.84. The summed E-state index contributed by atoms with van der Waals surface area (Å²) in [7, 11) is -4.33. The van der Waals surface area contributed by atoms with Crippen molar-refractivity contribution in [1.29, 1.82) is 0 Å². The molecular formula is C23H31N3O7S2. The number of methoxy groups -OCH3 is 1. The molecule has 1 aliphatic heterocycles. The van der Waals surface area contributed by atoms with Crippen molar-refractivity contribution in [2.75, 3.05) is 43.1 Å². The number of nitrogens with one attached hydrogen (secondary N) is 1. The minimum atomic E-state index is -3.77. The topological polar surface area (TPSA) is 122 Å². The summed E-state index contributed by atoms with van der Waals surface area (Å²) in [4.78, 5) is 12.7. The Morgan fingerprint density at radius 1 is 1.03 bits per heavy atom. The van der Waals surface area contributed by atoms with Crippen LogP contribution >= 0.6 is 0 Å². The highest BCUT2D eigenvalue weighted by Gasteiger charge is 2.29. The van der Waals surface area contributed by atoms with Gasteiger partial charge in [0.15, 0.2) is 6.10 Å². The van der Waals surface area contributed by atoms with Crippen molar-refractivity contribution in [1.82, 2.24) is 4.31 Å². The van der Waals surface area contributed by atoms with Gasteiger partial charge >= 0.3 is 0 Å². The Balaban J connectivity index is 1.72. The SMILES string of the molecule is COc1ccc(NC(=O)[C@@H](C)Oc2ccc(N(C)S(C)(=O)=O)cc2)cc1S(=O)(=O)N1CCCCC1. The fraction of sp³-hybridized carbons (Fsp3) is 0.435. The van der Waals surface area contributed by atoms with E-state index in [1.54, 1.807) is 37.3 Å². The van der Waals surface area contributed by atoms with Crippen LogP contribution in [0.4, 0.5) is 11.4 Å². The van der Waals surface area contributed by atoms with E-state index < -0.39 is 32.1 Å². The van der Waals surface area contributed by atoms with E-state index in [0.29, 0.717) is 30.2 Å². The van der Waals surface area contributed by atoms with Gasteiger partial charge in [0.05, 0.1) is 19.1 Å². The van der Waals surface area contributed by atoms with Crippen LogP contribution in [0, 0.1) is 0 Å². The van der Waals surface area contributed by atoms with E-state index in [0.717, 1.165) is 29.8 Å². The summed E-state index contributed by atoms with van der Waals surface area (Å²) in [6.07, 6.45) is 2.80. The first-order valence-corrected chi connectivity index (χ1v) is 14.4. The predicted octanol–water partition coefficient (Wildman–Crippen LogP) is 2.67. The van der Waals surface area contributed by atoms with Crippen LogP contribution in [0.5, 0.6) is 11.5 Å². The van der Waals surface area contributed by atoms with Crippen LogP contribution in [0.2, 0.25) is 0 Å². The summed E-state index contributed by atoms with van der Waals surface area (Å²) in [5, 5.41) is 2.69. The van der Waals surface area contributed by atoms with E-state index in [9.17, 15) is 21.6 Å². The first-order valence-electron chi connectivity index (χ1n) is 11.1. The Kier molecular flexibility index (Phi) is 8.29. The third-order valence-corrected chi connectivity index (χ3v) is 8.87. The fourth-order valence-electron chi connectivity index (χ4n) is 3.63. The zero-order chi connectivity index (χ0) is 25.8. The second-order valence-electron chi connectivity index (χ2n) is 8.30. The zero-order valence-corrected chi connectivity index (χ0v) is 21.9. The molecule has 0 radical (unpaired) electrons. The maximum Gasteiger partial charge on any atom is 0.265 e. The fourth-order valence-corrected chi connectivity index (χ4v) is 5.83. The predicted molar refractivity (Wildman–Crippen MR) is 134 cm³/mol. The highest BCUT2D eigenvalue weighted by molar-refractivity contribution is 7.92. The summed E-state index contributed by atoms with van der Waals surface area (Å²) in [6.45, 7) is 2.46. The van der Waals surface area contributed by atoms with Gasteiger partial charge in [0.1, 0.15) is 16.4 Å². The minimum absolute atomic E-state index is 0.00106. The number of sulfonamides is 2. The van der Waals surface area contributed by atoms with Gasteiger partial charge in [-0.15, -0.1) is 0 Å². The lowest BCUT2D eigenvalue weighted by Crippen LogP contribution is -2.36. The maximum absolute atomic E-state index is 13.2. The molecule has 35 heavy (non-hydrogen) atoms. The van der Waals surface area contributed by atoms with Gasteiger partial charge in [0.2, 0.25) is 20.0 Å². The maximum atomic E-state index is 13.2. The van der Waals surface area contributed by atoms with E-state index in [4.69, 9.17) is 9.47 Å². The summed E-state index contributed by atoms with van der Waals surface area (Å²) in [6, 6.07) is 10.7. The van der Waals surface area contributed by atoms with Crippen LogP contribution in [0.1, 0.15) is 26.2 Å². The van der Waals surface area contributed by atoms with E-state index in [1.165, 1.54) is 30.6 Å². The number of carbonyl (C=O) groups excluding carboxylic acids is 1. The molecule has 0 saturated carbocycles. The van der Waals surface area contributed by atoms with Crippen molar-refractivity contribution < 1.29 is 31.1 Å². The number of ether oxygens (including phenoxy) is 2. The molecule has 10 nitrogen and oxygen atoms in total. The number of piperidine rings is 1. The lowest BCUT2D eigenvalue weighted by molar-refractivity contribution is -0.122. The number of nitrogens with zero attached hydrogens (tertiary/aromatic N) is 2. The molecular weight excluding hydrogens is 494 g/mol. The zero-order valence-electron chi connectivity index (χ0n) is 20.2. The number of hydrogen-bond donors (Lipinski definition) is 1. The highest BCUT2D eigenvalue weighted by Crippen LogP contribution is 2.31. The quantitative estimate of drug-likeness (QED) is 0.534. The molecule has 3 rings (SSSR count). The first kappa shape index (κ1) is 26.8. The lowest BCUT2D eigenvalue weighted by atomic mass is 10.2. The van der Waals surface area contributed by atoms with Crippen molar-refractivity contribution in [3.05, 3.63) is 42.5 Å². The third-order valence-electron chi connectivity index (χ3n) is 5.74. The molecule has 0 unspecified atom stereocenters. The van der Waals surface area contributed by atoms with Crippen molar-refractivity contribution in [3.63, 3.8) is 0 Å². The monoisotopic (exact) mass is 525 g/mol. The molecule has 2 aromatic carbocycles. The molecule has 1 saturated heterocycles. The molecule has 1 aliphatic rings. The number of carbonyl (C=O) groups is 1. The second-order valence-corrected chi connectivity index (χ2v) is 12.2. The van der Waals surface area contributed by atoms with E-state index in [-0.39, 0.29) is 10.6 Å². The number of benzene rings is 2. The number of hydrogen-bond acceptors (Lipinski definition) is 7. The molecule has 192 valence electrons. The largest absolute Gasteiger partial charge is 0.495 e. The Labute approximate surface area is 206 Å². The molecule has 12 heteroatoms. The van der Waals surface area contributed by atoms with Crippen molar-refractivity contribution in [2.45, 2.75) is 37.2 Å². The Morgan fingerprint density at radius 3 is 2.23 bits per heavy atom. The van der Waals surface area contributed by atoms with Crippen LogP contribution in [0.15, 0.2) is 47.4 Å². The van der Waals surface area contributed by atoms with Gasteiger partial charge in [-0.05, 0) is 62.2 Å². The molecule has 1 N–H and O–H groups in total. The van der Waals surface area contributed by atoms with Crippen molar-refractivity contribution >= 4 is 37.3 Å². The first-order chi connectivity index (χ1) is 16.4. The third kappa shape index (κ3) is 6.44. The van der Waals surface area contributed by atoms with E-state index in [1.807, 2.05) is 0 Å². The van der Waals surface area contributed by atoms with Crippen LogP contribution in [0.25, 0.3) is 0 Å². The molecule has 2 aromatic rings. The second kappa shape index (κ2) is 10.8. The Hall–Kier alpha value is -2.83. The summed E-state index contributed by atoms with van der Waals surface area (Å²) in [5.74, 6) is 0.104. The average molecular weight is 526 g/mol. The number of anilines is 2. The van der Waals surface area contributed by atoms with Gasteiger partial charge in [-0.3, -0.25) is 9.10 Å². The van der Waals surface area contributed by atoms with Gasteiger partial charge in [-0.25, -0.2) is 16.8 Å². The van der Waals surface area contributed by atoms with E-state index >= 15 is 0 Å². The van der Waals surface area contributed by atoms with Gasteiger partial charge in [0.25, 0.3) is 5.91 Å². The molecule has 0 aliphatic carbocycles. The van der Waals surface area contributed by atoms with Gasteiger partial charge in [-0.1, -0.05) is 6.42 Å². The van der Waals surface area contributed by atoms with Crippen molar-refractivity contribution in [2.24, 2.45) is 0 Å². The Morgan fingerprint density at radius 2 is 1.66 bits per heavy atom. The standard InChI is InChI=1S/C23H31N3O7S2/c1-17(33-20-11-9-19(10-12-20)25(2)34(4,28)29)23(27)24-18-8-13-21(32-3)22(16-18)35(30,31)26-14-6-5-7-15-26/h8-13,16-17H,5-7,14-15H2,1-4H3,(H,24,27)/t17-/m1/s1. The molecule has 0 aromatic heterocycles. The molecule has 1 amide bonds. The van der Waals surface area contributed by atoms with Crippen molar-refractivity contribution in [3.8, 4) is 11.5 Å². The highest BCUT2D eigenvalue weighted by atomic mass is 32.2. The van der Waals surface area contributed by atoms with Gasteiger partial charge in [0, 0.05) is 25.8 Å². The van der Waals surface area contributed by atoms with Crippen LogP contribution in [0.3, 0.4) is 0 Å². The number of amides is 1. The number of rotatable bonds is 9. The molecule has 1 atom stereocenters. The Bertz CT molecular complexity index is 1260. The van der Waals surface area contributed by atoms with Crippen LogP contribution < -0.4 is 19.1 Å². The van der Waals surface area contributed by atoms with E-state index in [2.05, 4.69) is 5.32 Å². The van der Waals surface area contributed by atoms with Gasteiger partial charge in [-0.2, -0.15) is 4.31 Å². The van der Waals surface area contributed by atoms with Gasteiger partial charge < -0.3 is 14.8 Å². The summed E-state index contributed by atoms with van der Waals surface area (Å²) in [5.41, 5.74) is 0.754. The van der Waals surface area contributed by atoms with Crippen LogP contribution in [-0.2, 0) is 24.8 Å². The molecule has 1 heterocycles. The smallest absolute Gasteiger partial charge is 0.265 e. The lowest BCUT2D eigenvalue weighted by Gasteiger charge is -2.26. The normalized spacial score (nSPS) is 15.8.